The Labute approximate surface area is 145 Å². The Morgan fingerprint density at radius 3 is 2.92 bits per heavy atom. The van der Waals surface area contributed by atoms with Crippen molar-refractivity contribution in [3.8, 4) is 17.2 Å². The third-order valence-corrected chi connectivity index (χ3v) is 5.43. The number of aromatic nitrogens is 2. The van der Waals surface area contributed by atoms with Crippen LogP contribution in [0.4, 0.5) is 0 Å². The van der Waals surface area contributed by atoms with Crippen molar-refractivity contribution >= 4 is 10.0 Å². The number of sulfonamides is 1. The van der Waals surface area contributed by atoms with E-state index in [0.717, 1.165) is 17.7 Å². The molecule has 3 heterocycles. The first kappa shape index (κ1) is 15.9. The molecule has 1 aliphatic heterocycles. The lowest BCUT2D eigenvalue weighted by atomic mass is 9.97. The summed E-state index contributed by atoms with van der Waals surface area (Å²) >= 11 is 0. The predicted octanol–water partition coefficient (Wildman–Crippen LogP) is 2.20. The third-order valence-electron chi connectivity index (χ3n) is 4.13. The van der Waals surface area contributed by atoms with Gasteiger partial charge in [-0.15, -0.1) is 0 Å². The molecule has 0 saturated carbocycles. The minimum absolute atomic E-state index is 0.0757. The Bertz CT molecular complexity index is 963. The number of rotatable bonds is 5. The smallest absolute Gasteiger partial charge is 0.273 e. The van der Waals surface area contributed by atoms with Gasteiger partial charge >= 0.3 is 0 Å². The van der Waals surface area contributed by atoms with Crippen molar-refractivity contribution in [1.29, 1.82) is 0 Å². The second-order valence-corrected chi connectivity index (χ2v) is 7.63. The molecule has 0 amide bonds. The molecule has 0 aliphatic carbocycles. The zero-order valence-electron chi connectivity index (χ0n) is 13.3. The van der Waals surface area contributed by atoms with Crippen molar-refractivity contribution in [2.45, 2.75) is 11.5 Å². The van der Waals surface area contributed by atoms with Crippen molar-refractivity contribution in [3.05, 3.63) is 54.2 Å². The van der Waals surface area contributed by atoms with E-state index in [2.05, 4.69) is 14.9 Å². The van der Waals surface area contributed by atoms with Gasteiger partial charge in [-0.1, -0.05) is 18.2 Å². The summed E-state index contributed by atoms with van der Waals surface area (Å²) in [4.78, 5) is 0. The number of fused-ring (bicyclic) bond motifs is 1. The largest absolute Gasteiger partial charge is 0.493 e. The topological polar surface area (TPSA) is 97.2 Å². The zero-order valence-corrected chi connectivity index (χ0v) is 14.1. The molecule has 1 aromatic carbocycles. The summed E-state index contributed by atoms with van der Waals surface area (Å²) < 4.78 is 38.6. The van der Waals surface area contributed by atoms with Crippen LogP contribution in [-0.4, -0.2) is 31.8 Å². The van der Waals surface area contributed by atoms with Gasteiger partial charge in [-0.05, 0) is 36.2 Å². The Morgan fingerprint density at radius 2 is 2.08 bits per heavy atom. The molecule has 25 heavy (non-hydrogen) atoms. The molecule has 4 rings (SSSR count). The van der Waals surface area contributed by atoms with Crippen LogP contribution in [0.1, 0.15) is 5.56 Å². The highest BCUT2D eigenvalue weighted by atomic mass is 32.2. The Hall–Kier alpha value is -2.58. The van der Waals surface area contributed by atoms with Crippen molar-refractivity contribution in [1.82, 2.24) is 14.9 Å². The van der Waals surface area contributed by atoms with Gasteiger partial charge in [0, 0.05) is 18.7 Å². The summed E-state index contributed by atoms with van der Waals surface area (Å²) in [6.07, 6.45) is 2.35. The van der Waals surface area contributed by atoms with Gasteiger partial charge in [-0.25, -0.2) is 13.1 Å². The molecule has 1 aliphatic rings. The SMILES string of the molecule is O=S(=O)(NC[C@@H]1COc2ccccc2C1)c1ccc(-c2ccn[nH]2)o1. The fourth-order valence-electron chi connectivity index (χ4n) is 2.82. The van der Waals surface area contributed by atoms with Gasteiger partial charge in [-0.2, -0.15) is 5.10 Å². The molecule has 0 saturated heterocycles. The quantitative estimate of drug-likeness (QED) is 0.728. The molecule has 0 bridgehead atoms. The third kappa shape index (κ3) is 3.31. The van der Waals surface area contributed by atoms with Crippen LogP contribution in [0.2, 0.25) is 0 Å². The highest BCUT2D eigenvalue weighted by Gasteiger charge is 2.24. The van der Waals surface area contributed by atoms with E-state index in [1.54, 1.807) is 18.3 Å². The van der Waals surface area contributed by atoms with E-state index in [1.165, 1.54) is 6.07 Å². The van der Waals surface area contributed by atoms with Crippen LogP contribution in [-0.2, 0) is 16.4 Å². The highest BCUT2D eigenvalue weighted by Crippen LogP contribution is 2.27. The molecular weight excluding hydrogens is 342 g/mol. The molecule has 130 valence electrons. The fraction of sp³-hybridized carbons (Fsp3) is 0.235. The second kappa shape index (κ2) is 6.38. The van der Waals surface area contributed by atoms with Crippen LogP contribution >= 0.6 is 0 Å². The zero-order chi connectivity index (χ0) is 17.3. The first-order chi connectivity index (χ1) is 12.1. The van der Waals surface area contributed by atoms with Crippen molar-refractivity contribution < 1.29 is 17.6 Å². The van der Waals surface area contributed by atoms with Gasteiger partial charge in [0.05, 0.1) is 6.61 Å². The van der Waals surface area contributed by atoms with E-state index in [-0.39, 0.29) is 17.6 Å². The summed E-state index contributed by atoms with van der Waals surface area (Å²) in [7, 11) is -3.71. The molecule has 0 radical (unpaired) electrons. The lowest BCUT2D eigenvalue weighted by molar-refractivity contribution is 0.223. The molecule has 2 N–H and O–H groups in total. The number of aromatic amines is 1. The van der Waals surface area contributed by atoms with Gasteiger partial charge < -0.3 is 9.15 Å². The molecule has 2 aromatic heterocycles. The number of hydrogen-bond acceptors (Lipinski definition) is 5. The number of hydrogen-bond donors (Lipinski definition) is 2. The number of ether oxygens (including phenoxy) is 1. The van der Waals surface area contributed by atoms with Crippen molar-refractivity contribution in [2.24, 2.45) is 5.92 Å². The van der Waals surface area contributed by atoms with E-state index in [0.29, 0.717) is 18.1 Å². The number of nitrogens with zero attached hydrogens (tertiary/aromatic N) is 1. The molecule has 0 fully saturated rings. The van der Waals surface area contributed by atoms with Crippen LogP contribution in [0.5, 0.6) is 5.75 Å². The first-order valence-electron chi connectivity index (χ1n) is 7.92. The summed E-state index contributed by atoms with van der Waals surface area (Å²) in [6.45, 7) is 0.772. The van der Waals surface area contributed by atoms with E-state index >= 15 is 0 Å². The van der Waals surface area contributed by atoms with Crippen LogP contribution in [0.15, 0.2) is 58.2 Å². The number of H-pyrrole nitrogens is 1. The average Bonchev–Trinajstić information content (AvgIpc) is 3.31. The van der Waals surface area contributed by atoms with Gasteiger partial charge in [-0.3, -0.25) is 5.10 Å². The van der Waals surface area contributed by atoms with E-state index in [1.807, 2.05) is 24.3 Å². The van der Waals surface area contributed by atoms with Crippen LogP contribution in [0.3, 0.4) is 0 Å². The molecule has 7 nitrogen and oxygen atoms in total. The maximum absolute atomic E-state index is 12.4. The summed E-state index contributed by atoms with van der Waals surface area (Å²) in [5.74, 6) is 1.37. The van der Waals surface area contributed by atoms with E-state index in [4.69, 9.17) is 9.15 Å². The lowest BCUT2D eigenvalue weighted by Crippen LogP contribution is -2.34. The molecule has 1 atom stereocenters. The highest BCUT2D eigenvalue weighted by molar-refractivity contribution is 7.89. The predicted molar refractivity (Wildman–Crippen MR) is 90.6 cm³/mol. The number of para-hydroxylation sites is 1. The van der Waals surface area contributed by atoms with Gasteiger partial charge in [0.25, 0.3) is 10.0 Å². The van der Waals surface area contributed by atoms with Crippen LogP contribution in [0, 0.1) is 5.92 Å². The second-order valence-electron chi connectivity index (χ2n) is 5.93. The number of benzene rings is 1. The lowest BCUT2D eigenvalue weighted by Gasteiger charge is -2.25. The van der Waals surface area contributed by atoms with Gasteiger partial charge in [0.15, 0.2) is 5.76 Å². The normalized spacial score (nSPS) is 17.0. The average molecular weight is 359 g/mol. The van der Waals surface area contributed by atoms with Crippen LogP contribution in [0.25, 0.3) is 11.5 Å². The molecular formula is C17H17N3O4S. The van der Waals surface area contributed by atoms with Gasteiger partial charge in [0.2, 0.25) is 5.09 Å². The van der Waals surface area contributed by atoms with Crippen LogP contribution < -0.4 is 9.46 Å². The molecule has 8 heteroatoms. The number of furan rings is 1. The Balaban J connectivity index is 1.42. The Morgan fingerprint density at radius 1 is 1.20 bits per heavy atom. The standard InChI is InChI=1S/C17H17N3O4S/c21-25(22,17-6-5-16(24-17)14-7-8-18-20-14)19-10-12-9-13-3-1-2-4-15(13)23-11-12/h1-8,12,19H,9-11H2,(H,18,20)/t12-/m1/s1. The summed E-state index contributed by atoms with van der Waals surface area (Å²) in [5.41, 5.74) is 1.72. The minimum atomic E-state index is -3.71. The fourth-order valence-corrected chi connectivity index (χ4v) is 3.87. The van der Waals surface area contributed by atoms with E-state index in [9.17, 15) is 8.42 Å². The molecule has 0 spiro atoms. The van der Waals surface area contributed by atoms with Gasteiger partial charge in [0.1, 0.15) is 11.4 Å². The monoisotopic (exact) mass is 359 g/mol. The van der Waals surface area contributed by atoms with Crippen molar-refractivity contribution in [3.63, 3.8) is 0 Å². The van der Waals surface area contributed by atoms with Crippen molar-refractivity contribution in [2.75, 3.05) is 13.2 Å². The number of nitrogens with one attached hydrogen (secondary N) is 2. The first-order valence-corrected chi connectivity index (χ1v) is 9.40. The maximum atomic E-state index is 12.4. The molecule has 0 unspecified atom stereocenters. The Kier molecular flexibility index (Phi) is 4.06. The summed E-state index contributed by atoms with van der Waals surface area (Å²) in [6, 6.07) is 12.5. The summed E-state index contributed by atoms with van der Waals surface area (Å²) in [5, 5.41) is 6.44. The maximum Gasteiger partial charge on any atom is 0.273 e. The minimum Gasteiger partial charge on any atom is -0.493 e. The molecule has 3 aromatic rings. The van der Waals surface area contributed by atoms with E-state index < -0.39 is 10.0 Å².